The molecule has 4 aromatic rings. The molecule has 4 nitrogen and oxygen atoms in total. The van der Waals surface area contributed by atoms with Crippen molar-refractivity contribution in [3.63, 3.8) is 0 Å². The highest BCUT2D eigenvalue weighted by Crippen LogP contribution is 2.38. The van der Waals surface area contributed by atoms with Crippen LogP contribution in [-0.4, -0.2) is 23.8 Å². The third kappa shape index (κ3) is 3.66. The lowest BCUT2D eigenvalue weighted by Gasteiger charge is -2.12. The SMILES string of the molecule is C#CCn1c(-c2cc(OC)cc(OC)c2)nc(-c2ccccc2)c1-c1ccccc1. The number of methoxy groups -OCH3 is 2. The van der Waals surface area contributed by atoms with Gasteiger partial charge in [0.2, 0.25) is 0 Å². The molecule has 0 unspecified atom stereocenters. The van der Waals surface area contributed by atoms with Gasteiger partial charge in [0.15, 0.2) is 0 Å². The quantitative estimate of drug-likeness (QED) is 0.403. The number of aromatic nitrogens is 2. The zero-order chi connectivity index (χ0) is 20.9. The van der Waals surface area contributed by atoms with Crippen LogP contribution in [0, 0.1) is 12.3 Å². The van der Waals surface area contributed by atoms with Crippen LogP contribution in [0.15, 0.2) is 78.9 Å². The molecule has 30 heavy (non-hydrogen) atoms. The molecule has 0 fully saturated rings. The highest BCUT2D eigenvalue weighted by atomic mass is 16.5. The highest BCUT2D eigenvalue weighted by Gasteiger charge is 2.21. The Bertz CT molecular complexity index is 1170. The smallest absolute Gasteiger partial charge is 0.142 e. The Morgan fingerprint density at radius 1 is 0.800 bits per heavy atom. The number of terminal acetylenes is 1. The van der Waals surface area contributed by atoms with E-state index in [-0.39, 0.29) is 0 Å². The van der Waals surface area contributed by atoms with Gasteiger partial charge in [-0.2, -0.15) is 0 Å². The van der Waals surface area contributed by atoms with Crippen molar-refractivity contribution in [1.29, 1.82) is 0 Å². The van der Waals surface area contributed by atoms with E-state index in [4.69, 9.17) is 20.9 Å². The van der Waals surface area contributed by atoms with Gasteiger partial charge in [0, 0.05) is 22.8 Å². The van der Waals surface area contributed by atoms with Gasteiger partial charge < -0.3 is 14.0 Å². The number of hydrogen-bond donors (Lipinski definition) is 0. The monoisotopic (exact) mass is 394 g/mol. The topological polar surface area (TPSA) is 36.3 Å². The summed E-state index contributed by atoms with van der Waals surface area (Å²) in [7, 11) is 3.27. The van der Waals surface area contributed by atoms with E-state index in [2.05, 4.69) is 34.8 Å². The summed E-state index contributed by atoms with van der Waals surface area (Å²) in [6.45, 7) is 0.388. The molecule has 0 atom stereocenters. The number of ether oxygens (including phenoxy) is 2. The molecule has 0 saturated heterocycles. The Morgan fingerprint density at radius 3 is 1.90 bits per heavy atom. The molecule has 1 heterocycles. The van der Waals surface area contributed by atoms with E-state index < -0.39 is 0 Å². The summed E-state index contributed by atoms with van der Waals surface area (Å²) in [5.74, 6) is 4.95. The average molecular weight is 394 g/mol. The fourth-order valence-corrected chi connectivity index (χ4v) is 3.54. The van der Waals surface area contributed by atoms with E-state index in [1.54, 1.807) is 14.2 Å². The van der Waals surface area contributed by atoms with Gasteiger partial charge >= 0.3 is 0 Å². The van der Waals surface area contributed by atoms with E-state index in [1.807, 2.05) is 54.6 Å². The largest absolute Gasteiger partial charge is 0.497 e. The van der Waals surface area contributed by atoms with Crippen molar-refractivity contribution in [2.24, 2.45) is 0 Å². The van der Waals surface area contributed by atoms with Crippen molar-refractivity contribution >= 4 is 0 Å². The summed E-state index contributed by atoms with van der Waals surface area (Å²) in [6, 6.07) is 26.1. The van der Waals surface area contributed by atoms with Gasteiger partial charge in [0.1, 0.15) is 17.3 Å². The normalized spacial score (nSPS) is 10.4. The number of imidazole rings is 1. The van der Waals surface area contributed by atoms with Crippen molar-refractivity contribution in [3.8, 4) is 57.7 Å². The van der Waals surface area contributed by atoms with E-state index >= 15 is 0 Å². The van der Waals surface area contributed by atoms with Gasteiger partial charge in [0.05, 0.1) is 32.2 Å². The molecule has 0 bridgehead atoms. The summed E-state index contributed by atoms with van der Waals surface area (Å²) in [5, 5.41) is 0. The summed E-state index contributed by atoms with van der Waals surface area (Å²) in [6.07, 6.45) is 5.77. The Hall–Kier alpha value is -3.97. The van der Waals surface area contributed by atoms with Crippen molar-refractivity contribution in [3.05, 3.63) is 78.9 Å². The Labute approximate surface area is 176 Å². The van der Waals surface area contributed by atoms with Crippen LogP contribution in [0.25, 0.3) is 33.9 Å². The van der Waals surface area contributed by atoms with Crippen LogP contribution in [0.3, 0.4) is 0 Å². The van der Waals surface area contributed by atoms with Crippen LogP contribution in [0.4, 0.5) is 0 Å². The molecular formula is C26H22N2O2. The molecule has 3 aromatic carbocycles. The van der Waals surface area contributed by atoms with E-state index in [0.29, 0.717) is 18.0 Å². The molecule has 0 saturated carbocycles. The third-order valence-corrected chi connectivity index (χ3v) is 4.92. The third-order valence-electron chi connectivity index (χ3n) is 4.92. The molecule has 0 radical (unpaired) electrons. The second kappa shape index (κ2) is 8.59. The lowest BCUT2D eigenvalue weighted by Crippen LogP contribution is -2.02. The summed E-state index contributed by atoms with van der Waals surface area (Å²) < 4.78 is 13.0. The summed E-state index contributed by atoms with van der Waals surface area (Å²) in [5.41, 5.74) is 4.83. The van der Waals surface area contributed by atoms with Crippen molar-refractivity contribution in [2.75, 3.05) is 14.2 Å². The van der Waals surface area contributed by atoms with Crippen LogP contribution < -0.4 is 9.47 Å². The first-order valence-corrected chi connectivity index (χ1v) is 9.63. The molecule has 0 amide bonds. The molecule has 0 aliphatic heterocycles. The van der Waals surface area contributed by atoms with E-state index in [0.717, 1.165) is 33.9 Å². The highest BCUT2D eigenvalue weighted by molar-refractivity contribution is 5.82. The number of nitrogens with zero attached hydrogens (tertiary/aromatic N) is 2. The predicted molar refractivity (Wildman–Crippen MR) is 120 cm³/mol. The van der Waals surface area contributed by atoms with Gasteiger partial charge in [-0.15, -0.1) is 6.42 Å². The van der Waals surface area contributed by atoms with Crippen molar-refractivity contribution in [1.82, 2.24) is 9.55 Å². The number of hydrogen-bond acceptors (Lipinski definition) is 3. The standard InChI is InChI=1S/C26H22N2O2/c1-4-15-28-25(20-13-9-6-10-14-20)24(19-11-7-5-8-12-19)27-26(28)21-16-22(29-2)18-23(17-21)30-3/h1,5-14,16-18H,15H2,2-3H3. The summed E-state index contributed by atoms with van der Waals surface area (Å²) in [4.78, 5) is 5.05. The number of benzene rings is 3. The first kappa shape index (κ1) is 19.4. The molecule has 0 N–H and O–H groups in total. The van der Waals surface area contributed by atoms with Crippen LogP contribution in [0.2, 0.25) is 0 Å². The lowest BCUT2D eigenvalue weighted by atomic mass is 10.0. The average Bonchev–Trinajstić information content (AvgIpc) is 3.19. The van der Waals surface area contributed by atoms with Crippen LogP contribution >= 0.6 is 0 Å². The second-order valence-electron chi connectivity index (χ2n) is 6.76. The lowest BCUT2D eigenvalue weighted by molar-refractivity contribution is 0.394. The van der Waals surface area contributed by atoms with Gasteiger partial charge in [0.25, 0.3) is 0 Å². The minimum Gasteiger partial charge on any atom is -0.497 e. The van der Waals surface area contributed by atoms with E-state index in [1.165, 1.54) is 0 Å². The van der Waals surface area contributed by atoms with Crippen LogP contribution in [0.1, 0.15) is 0 Å². The Kier molecular flexibility index (Phi) is 5.54. The molecule has 0 aliphatic rings. The Morgan fingerprint density at radius 2 is 1.37 bits per heavy atom. The van der Waals surface area contributed by atoms with Crippen molar-refractivity contribution in [2.45, 2.75) is 6.54 Å². The molecule has 0 spiro atoms. The molecule has 0 aliphatic carbocycles. The van der Waals surface area contributed by atoms with Gasteiger partial charge in [-0.25, -0.2) is 4.98 Å². The maximum Gasteiger partial charge on any atom is 0.142 e. The fourth-order valence-electron chi connectivity index (χ4n) is 3.54. The zero-order valence-electron chi connectivity index (χ0n) is 17.0. The number of rotatable bonds is 6. The second-order valence-corrected chi connectivity index (χ2v) is 6.76. The first-order chi connectivity index (χ1) is 14.7. The first-order valence-electron chi connectivity index (χ1n) is 9.63. The molecule has 1 aromatic heterocycles. The van der Waals surface area contributed by atoms with Gasteiger partial charge in [-0.1, -0.05) is 66.6 Å². The maximum atomic E-state index is 5.77. The minimum atomic E-state index is 0.388. The van der Waals surface area contributed by atoms with Crippen molar-refractivity contribution < 1.29 is 9.47 Å². The predicted octanol–water partition coefficient (Wildman–Crippen LogP) is 5.53. The minimum absolute atomic E-state index is 0.388. The fraction of sp³-hybridized carbons (Fsp3) is 0.115. The van der Waals surface area contributed by atoms with Gasteiger partial charge in [-0.3, -0.25) is 0 Å². The summed E-state index contributed by atoms with van der Waals surface area (Å²) >= 11 is 0. The van der Waals surface area contributed by atoms with E-state index in [9.17, 15) is 0 Å². The van der Waals surface area contributed by atoms with Gasteiger partial charge in [-0.05, 0) is 12.1 Å². The van der Waals surface area contributed by atoms with Crippen LogP contribution in [-0.2, 0) is 6.54 Å². The molecule has 4 heteroatoms. The molecule has 148 valence electrons. The zero-order valence-corrected chi connectivity index (χ0v) is 17.0. The Balaban J connectivity index is 2.03. The molecule has 4 rings (SSSR count). The molecular weight excluding hydrogens is 372 g/mol. The maximum absolute atomic E-state index is 5.77. The van der Waals surface area contributed by atoms with Crippen LogP contribution in [0.5, 0.6) is 11.5 Å².